The zero-order chi connectivity index (χ0) is 11.0. The number of esters is 2. The van der Waals surface area contributed by atoms with Crippen molar-refractivity contribution in [2.75, 3.05) is 5.75 Å². The van der Waals surface area contributed by atoms with Crippen molar-refractivity contribution >= 4 is 30.9 Å². The minimum absolute atomic E-state index is 0.0454. The second-order valence-corrected chi connectivity index (χ2v) is 3.01. The molecule has 80 valence electrons. The van der Waals surface area contributed by atoms with Gasteiger partial charge in [-0.1, -0.05) is 0 Å². The Balaban J connectivity index is 3.71. The van der Waals surface area contributed by atoms with E-state index in [0.717, 1.165) is 0 Å². The highest BCUT2D eigenvalue weighted by molar-refractivity contribution is 7.80. The highest BCUT2D eigenvalue weighted by Crippen LogP contribution is 1.97. The van der Waals surface area contributed by atoms with E-state index in [1.807, 2.05) is 0 Å². The van der Waals surface area contributed by atoms with Crippen LogP contribution in [-0.4, -0.2) is 30.0 Å². The minimum atomic E-state index is -0.881. The number of aldehydes is 1. The third-order valence-electron chi connectivity index (χ3n) is 1.42. The van der Waals surface area contributed by atoms with Gasteiger partial charge in [0, 0.05) is 18.6 Å². The van der Waals surface area contributed by atoms with Gasteiger partial charge in [-0.3, -0.25) is 4.79 Å². The number of ether oxygens (including phenoxy) is 1. The molecule has 5 nitrogen and oxygen atoms in total. The predicted octanol–water partition coefficient (Wildman–Crippen LogP) is -0.318. The summed E-state index contributed by atoms with van der Waals surface area (Å²) < 4.78 is 4.38. The van der Waals surface area contributed by atoms with Crippen LogP contribution in [0.5, 0.6) is 0 Å². The van der Waals surface area contributed by atoms with Crippen LogP contribution in [-0.2, 0) is 19.1 Å². The molecule has 0 spiro atoms. The first kappa shape index (κ1) is 13.1. The summed E-state index contributed by atoms with van der Waals surface area (Å²) in [5, 5.41) is 0. The maximum Gasteiger partial charge on any atom is 0.331 e. The second kappa shape index (κ2) is 7.52. The lowest BCUT2D eigenvalue weighted by Crippen LogP contribution is -2.35. The molecule has 14 heavy (non-hydrogen) atoms. The summed E-state index contributed by atoms with van der Waals surface area (Å²) in [6.45, 7) is 0. The third kappa shape index (κ3) is 5.71. The molecule has 0 aromatic heterocycles. The quantitative estimate of drug-likeness (QED) is 0.210. The molecule has 0 aliphatic rings. The first-order valence-electron chi connectivity index (χ1n) is 4.16. The van der Waals surface area contributed by atoms with E-state index in [-0.39, 0.29) is 18.6 Å². The van der Waals surface area contributed by atoms with Gasteiger partial charge in [0.05, 0.1) is 0 Å². The lowest BCUT2D eigenvalue weighted by atomic mass is 10.2. The van der Waals surface area contributed by atoms with E-state index in [1.54, 1.807) is 0 Å². The smallest absolute Gasteiger partial charge is 0.331 e. The van der Waals surface area contributed by atoms with Crippen LogP contribution in [0.1, 0.15) is 19.3 Å². The van der Waals surface area contributed by atoms with Crippen molar-refractivity contribution in [1.82, 2.24) is 0 Å². The average molecular weight is 219 g/mol. The van der Waals surface area contributed by atoms with Crippen LogP contribution in [0.2, 0.25) is 0 Å². The molecule has 0 aliphatic heterocycles. The van der Waals surface area contributed by atoms with Gasteiger partial charge in [0.1, 0.15) is 12.3 Å². The molecule has 0 aromatic rings. The van der Waals surface area contributed by atoms with Crippen LogP contribution in [0.4, 0.5) is 0 Å². The van der Waals surface area contributed by atoms with Crippen LogP contribution in [0.25, 0.3) is 0 Å². The molecule has 0 fully saturated rings. The van der Waals surface area contributed by atoms with E-state index in [9.17, 15) is 14.4 Å². The number of hydrogen-bond acceptors (Lipinski definition) is 6. The summed E-state index contributed by atoms with van der Waals surface area (Å²) in [7, 11) is 0. The van der Waals surface area contributed by atoms with Crippen LogP contribution in [0, 0.1) is 0 Å². The molecule has 0 aromatic carbocycles. The molecule has 0 heterocycles. The fourth-order valence-electron chi connectivity index (χ4n) is 0.643. The molecule has 0 saturated heterocycles. The van der Waals surface area contributed by atoms with Crippen molar-refractivity contribution in [3.05, 3.63) is 0 Å². The molecule has 0 rings (SSSR count). The lowest BCUT2D eigenvalue weighted by Gasteiger charge is -2.06. The molecule has 0 bridgehead atoms. The van der Waals surface area contributed by atoms with Gasteiger partial charge >= 0.3 is 11.9 Å². The van der Waals surface area contributed by atoms with Crippen LogP contribution in [0.15, 0.2) is 0 Å². The topological polar surface area (TPSA) is 86.5 Å². The first-order valence-corrected chi connectivity index (χ1v) is 4.79. The normalized spacial score (nSPS) is 11.9. The summed E-state index contributed by atoms with van der Waals surface area (Å²) in [4.78, 5) is 31.8. The summed E-state index contributed by atoms with van der Waals surface area (Å²) in [5.74, 6) is -1.31. The van der Waals surface area contributed by atoms with Gasteiger partial charge in [-0.15, -0.1) is 0 Å². The highest BCUT2D eigenvalue weighted by atomic mass is 32.1. The fourth-order valence-corrected chi connectivity index (χ4v) is 0.792. The Morgan fingerprint density at radius 2 is 2.14 bits per heavy atom. The molecule has 0 unspecified atom stereocenters. The largest absolute Gasteiger partial charge is 0.392 e. The van der Waals surface area contributed by atoms with E-state index in [2.05, 4.69) is 17.4 Å². The summed E-state index contributed by atoms with van der Waals surface area (Å²) in [5.41, 5.74) is 5.26. The zero-order valence-corrected chi connectivity index (χ0v) is 8.54. The monoisotopic (exact) mass is 219 g/mol. The van der Waals surface area contributed by atoms with Crippen LogP contribution in [0.3, 0.4) is 0 Å². The number of hydrogen-bond donors (Lipinski definition) is 2. The molecular formula is C8H13NO4S. The predicted molar refractivity (Wildman–Crippen MR) is 52.8 cm³/mol. The number of thiol groups is 1. The highest BCUT2D eigenvalue weighted by Gasteiger charge is 2.16. The van der Waals surface area contributed by atoms with Crippen molar-refractivity contribution in [3.63, 3.8) is 0 Å². The Bertz CT molecular complexity index is 219. The van der Waals surface area contributed by atoms with Gasteiger partial charge in [-0.05, 0) is 6.42 Å². The van der Waals surface area contributed by atoms with Crippen molar-refractivity contribution in [1.29, 1.82) is 0 Å². The Morgan fingerprint density at radius 3 is 2.64 bits per heavy atom. The Morgan fingerprint density at radius 1 is 1.50 bits per heavy atom. The summed E-state index contributed by atoms with van der Waals surface area (Å²) >= 11 is 3.78. The number of carbonyl (C=O) groups excluding carboxylic acids is 3. The Kier molecular flexibility index (Phi) is 7.04. The maximum atomic E-state index is 10.9. The van der Waals surface area contributed by atoms with Gasteiger partial charge in [0.25, 0.3) is 0 Å². The number of unbranched alkanes of at least 4 members (excludes halogenated alkanes) is 1. The molecule has 0 amide bonds. The van der Waals surface area contributed by atoms with Crippen LogP contribution >= 0.6 is 12.6 Å². The van der Waals surface area contributed by atoms with Gasteiger partial charge in [-0.2, -0.15) is 12.6 Å². The van der Waals surface area contributed by atoms with Crippen molar-refractivity contribution in [3.8, 4) is 0 Å². The molecule has 2 N–H and O–H groups in total. The zero-order valence-electron chi connectivity index (χ0n) is 7.64. The van der Waals surface area contributed by atoms with Gasteiger partial charge in [-0.25, -0.2) is 4.79 Å². The Hall–Kier alpha value is -0.880. The van der Waals surface area contributed by atoms with Crippen molar-refractivity contribution < 1.29 is 19.1 Å². The van der Waals surface area contributed by atoms with E-state index in [4.69, 9.17) is 5.73 Å². The molecule has 6 heteroatoms. The fraction of sp³-hybridized carbons (Fsp3) is 0.625. The number of rotatable bonds is 6. The number of carbonyl (C=O) groups is 3. The van der Waals surface area contributed by atoms with Gasteiger partial charge < -0.3 is 15.3 Å². The first-order chi connectivity index (χ1) is 6.61. The molecule has 0 saturated carbocycles. The van der Waals surface area contributed by atoms with Crippen molar-refractivity contribution in [2.24, 2.45) is 5.73 Å². The third-order valence-corrected chi connectivity index (χ3v) is 1.81. The van der Waals surface area contributed by atoms with E-state index >= 15 is 0 Å². The molecule has 0 aliphatic carbocycles. The van der Waals surface area contributed by atoms with Crippen LogP contribution < -0.4 is 5.73 Å². The maximum absolute atomic E-state index is 10.9. The molecule has 1 atom stereocenters. The second-order valence-electron chi connectivity index (χ2n) is 2.64. The van der Waals surface area contributed by atoms with Gasteiger partial charge in [0.2, 0.25) is 0 Å². The Labute approximate surface area is 87.4 Å². The minimum Gasteiger partial charge on any atom is -0.392 e. The van der Waals surface area contributed by atoms with E-state index in [0.29, 0.717) is 12.7 Å². The average Bonchev–Trinajstić information content (AvgIpc) is 2.16. The van der Waals surface area contributed by atoms with E-state index in [1.165, 1.54) is 0 Å². The summed E-state index contributed by atoms with van der Waals surface area (Å²) in [6.07, 6.45) is 1.41. The molecular weight excluding hydrogens is 206 g/mol. The SMILES string of the molecule is N[C@@H](CS)C(=O)OC(=O)CCCC=O. The number of nitrogens with two attached hydrogens (primary N) is 1. The standard InChI is InChI=1S/C8H13NO4S/c9-6(5-14)8(12)13-7(11)3-1-2-4-10/h4,6,14H,1-3,5,9H2/t6-/m0/s1. The molecule has 0 radical (unpaired) electrons. The van der Waals surface area contributed by atoms with E-state index < -0.39 is 18.0 Å². The van der Waals surface area contributed by atoms with Gasteiger partial charge in [0.15, 0.2) is 0 Å². The lowest BCUT2D eigenvalue weighted by molar-refractivity contribution is -0.160. The van der Waals surface area contributed by atoms with Crippen molar-refractivity contribution in [2.45, 2.75) is 25.3 Å². The summed E-state index contributed by atoms with van der Waals surface area (Å²) in [6, 6.07) is -0.881.